The molecule has 0 aliphatic carbocycles. The van der Waals surface area contributed by atoms with E-state index < -0.39 is 39.0 Å². The first-order valence-corrected chi connectivity index (χ1v) is 16.2. The van der Waals surface area contributed by atoms with Gasteiger partial charge in [-0.15, -0.1) is 11.8 Å². The van der Waals surface area contributed by atoms with Crippen LogP contribution in [0.1, 0.15) is 46.2 Å². The molecule has 6 rings (SSSR count). The van der Waals surface area contributed by atoms with Gasteiger partial charge in [0.2, 0.25) is 17.7 Å². The lowest BCUT2D eigenvalue weighted by atomic mass is 9.74. The largest absolute Gasteiger partial charge is 0.494 e. The average molecular weight is 616 g/mol. The fourth-order valence-corrected chi connectivity index (χ4v) is 9.69. The van der Waals surface area contributed by atoms with E-state index >= 15 is 0 Å². The highest BCUT2D eigenvalue weighted by Crippen LogP contribution is 2.66. The highest BCUT2D eigenvalue weighted by atomic mass is 32.2. The van der Waals surface area contributed by atoms with E-state index in [2.05, 4.69) is 6.08 Å². The fourth-order valence-electron chi connectivity index (χ4n) is 7.55. The number of ether oxygens (including phenoxy) is 1. The molecule has 0 aromatic heterocycles. The fraction of sp³-hybridized carbons (Fsp3) is 0.457. The van der Waals surface area contributed by atoms with E-state index in [4.69, 9.17) is 4.74 Å². The molecule has 2 fully saturated rings. The third-order valence-electron chi connectivity index (χ3n) is 9.46. The average Bonchev–Trinajstić information content (AvgIpc) is 3.25. The predicted molar refractivity (Wildman–Crippen MR) is 172 cm³/mol. The van der Waals surface area contributed by atoms with Crippen LogP contribution in [0.4, 0.5) is 5.69 Å². The molecular weight excluding hydrogens is 574 g/mol. The number of fused-ring (bicyclic) bond motifs is 2. The zero-order valence-electron chi connectivity index (χ0n) is 26.0. The summed E-state index contributed by atoms with van der Waals surface area (Å²) < 4.78 is 3.88. The maximum Gasteiger partial charge on any atom is 0.247 e. The summed E-state index contributed by atoms with van der Waals surface area (Å²) in [6.07, 6.45) is 8.07. The number of aliphatic hydroxyl groups excluding tert-OH is 1. The number of thioether (sulfide) groups is 1. The van der Waals surface area contributed by atoms with E-state index in [1.54, 1.807) is 21.6 Å². The van der Waals surface area contributed by atoms with Gasteiger partial charge in [0.15, 0.2) is 0 Å². The van der Waals surface area contributed by atoms with Crippen molar-refractivity contribution >= 4 is 35.2 Å². The lowest BCUT2D eigenvalue weighted by Gasteiger charge is -2.42. The number of anilines is 1. The molecule has 44 heavy (non-hydrogen) atoms. The molecule has 4 aliphatic rings. The lowest BCUT2D eigenvalue weighted by Crippen LogP contribution is -2.58. The van der Waals surface area contributed by atoms with Crippen LogP contribution in [0.5, 0.6) is 5.75 Å². The summed E-state index contributed by atoms with van der Waals surface area (Å²) in [6, 6.07) is 15.2. The van der Waals surface area contributed by atoms with Crippen molar-refractivity contribution in [2.75, 3.05) is 31.2 Å². The number of amides is 3. The molecule has 0 radical (unpaired) electrons. The molecule has 232 valence electrons. The first-order chi connectivity index (χ1) is 21.0. The Morgan fingerprint density at radius 1 is 0.932 bits per heavy atom. The van der Waals surface area contributed by atoms with Crippen LogP contribution < -0.4 is 9.64 Å². The lowest BCUT2D eigenvalue weighted by molar-refractivity contribution is -0.148. The van der Waals surface area contributed by atoms with Crippen LogP contribution in [-0.2, 0) is 14.4 Å². The summed E-state index contributed by atoms with van der Waals surface area (Å²) in [5.74, 6) is -1.40. The summed E-state index contributed by atoms with van der Waals surface area (Å²) >= 11 is 1.55. The highest BCUT2D eigenvalue weighted by Gasteiger charge is 2.74. The molecule has 1 spiro atoms. The third kappa shape index (κ3) is 4.67. The number of nitrogens with zero attached hydrogens (tertiary/aromatic N) is 3. The smallest absolute Gasteiger partial charge is 0.247 e. The van der Waals surface area contributed by atoms with Crippen LogP contribution in [0, 0.1) is 11.8 Å². The molecule has 3 amide bonds. The van der Waals surface area contributed by atoms with Gasteiger partial charge in [0.25, 0.3) is 0 Å². The van der Waals surface area contributed by atoms with Crippen LogP contribution >= 0.6 is 11.8 Å². The summed E-state index contributed by atoms with van der Waals surface area (Å²) in [7, 11) is 0. The van der Waals surface area contributed by atoms with Crippen LogP contribution in [0.25, 0.3) is 0 Å². The maximum atomic E-state index is 14.9. The molecule has 4 aliphatic heterocycles. The van der Waals surface area contributed by atoms with Gasteiger partial charge in [-0.05, 0) is 64.4 Å². The molecule has 2 saturated heterocycles. The Balaban J connectivity index is 1.49. The third-order valence-corrected chi connectivity index (χ3v) is 11.3. The Hall–Kier alpha value is -3.56. The van der Waals surface area contributed by atoms with Crippen LogP contribution in [-0.4, -0.2) is 80.0 Å². The Bertz CT molecular complexity index is 1500. The first kappa shape index (κ1) is 30.5. The zero-order chi connectivity index (χ0) is 31.4. The summed E-state index contributed by atoms with van der Waals surface area (Å²) in [4.78, 5) is 49.5. The highest BCUT2D eigenvalue weighted by molar-refractivity contribution is 8.02. The quantitative estimate of drug-likeness (QED) is 0.478. The number of rotatable bonds is 6. The summed E-state index contributed by atoms with van der Waals surface area (Å²) in [6.45, 7) is 10.9. The minimum absolute atomic E-state index is 0.150. The van der Waals surface area contributed by atoms with E-state index in [9.17, 15) is 19.5 Å². The summed E-state index contributed by atoms with van der Waals surface area (Å²) in [5.41, 5.74) is 0.970. The maximum absolute atomic E-state index is 14.9. The second-order valence-electron chi connectivity index (χ2n) is 13.2. The molecule has 6 atom stereocenters. The molecular formula is C35H41N3O5S. The minimum Gasteiger partial charge on any atom is -0.494 e. The minimum atomic E-state index is -1.00. The van der Waals surface area contributed by atoms with E-state index in [-0.39, 0.29) is 24.3 Å². The van der Waals surface area contributed by atoms with E-state index in [1.165, 1.54) is 0 Å². The predicted octanol–water partition coefficient (Wildman–Crippen LogP) is 4.61. The summed E-state index contributed by atoms with van der Waals surface area (Å²) in [5, 5.41) is 10.8. The second kappa shape index (κ2) is 11.1. The molecule has 1 unspecified atom stereocenters. The van der Waals surface area contributed by atoms with E-state index in [0.717, 1.165) is 17.0 Å². The van der Waals surface area contributed by atoms with Gasteiger partial charge in [-0.1, -0.05) is 54.6 Å². The van der Waals surface area contributed by atoms with Crippen LogP contribution in [0.3, 0.4) is 0 Å². The standard InChI is InChI=1S/C35H41N3O5S/c1-6-43-25-16-14-24(15-17-25)36-20-10-18-34(5)27(30(36)40)28-31(41)38(26(22-39)23-12-8-7-9-13-23)29-32(42)37(33(2,3)4)21-11-19-35(28,29)44-34/h7-19,26-29,39H,6,20-22H2,1-5H3/t26-,27+,28+,29?,34-,35+/m1/s1. The van der Waals surface area contributed by atoms with Gasteiger partial charge in [-0.25, -0.2) is 0 Å². The molecule has 0 bridgehead atoms. The molecule has 9 heteroatoms. The van der Waals surface area contributed by atoms with Crippen molar-refractivity contribution in [1.82, 2.24) is 9.80 Å². The number of likely N-dealkylation sites (tertiary alicyclic amines) is 1. The SMILES string of the molecule is CCOc1ccc(N2CC=C[C@@]3(C)S[C@]45C=CCN(C(C)(C)C)C(=O)C4N([C@H](CO)c4ccccc4)C(=O)[C@@H]5[C@H]3C2=O)cc1. The monoisotopic (exact) mass is 615 g/mol. The van der Waals surface area contributed by atoms with Gasteiger partial charge >= 0.3 is 0 Å². The van der Waals surface area contributed by atoms with Crippen molar-refractivity contribution in [2.45, 2.75) is 61.7 Å². The van der Waals surface area contributed by atoms with Crippen LogP contribution in [0.2, 0.25) is 0 Å². The molecule has 0 saturated carbocycles. The van der Waals surface area contributed by atoms with E-state index in [0.29, 0.717) is 19.7 Å². The Labute approximate surface area is 263 Å². The Morgan fingerprint density at radius 2 is 1.61 bits per heavy atom. The molecule has 8 nitrogen and oxygen atoms in total. The van der Waals surface area contributed by atoms with Crippen molar-refractivity contribution in [1.29, 1.82) is 0 Å². The molecule has 2 aromatic carbocycles. The van der Waals surface area contributed by atoms with Gasteiger partial charge < -0.3 is 24.5 Å². The number of hydrogen-bond donors (Lipinski definition) is 1. The van der Waals surface area contributed by atoms with Gasteiger partial charge in [0.1, 0.15) is 11.8 Å². The van der Waals surface area contributed by atoms with Gasteiger partial charge in [0, 0.05) is 29.1 Å². The van der Waals surface area contributed by atoms with Crippen LogP contribution in [0.15, 0.2) is 78.9 Å². The van der Waals surface area contributed by atoms with Gasteiger partial charge in [-0.2, -0.15) is 0 Å². The number of benzene rings is 2. The number of carbonyl (C=O) groups is 3. The number of hydrogen-bond acceptors (Lipinski definition) is 6. The zero-order valence-corrected chi connectivity index (χ0v) is 26.8. The topological polar surface area (TPSA) is 90.4 Å². The molecule has 4 heterocycles. The van der Waals surface area contributed by atoms with Gasteiger partial charge in [-0.3, -0.25) is 14.4 Å². The Kier molecular flexibility index (Phi) is 7.69. The van der Waals surface area contributed by atoms with Crippen molar-refractivity contribution in [3.05, 3.63) is 84.5 Å². The Morgan fingerprint density at radius 3 is 2.25 bits per heavy atom. The van der Waals surface area contributed by atoms with Crippen molar-refractivity contribution in [2.24, 2.45) is 11.8 Å². The van der Waals surface area contributed by atoms with Crippen molar-refractivity contribution in [3.8, 4) is 5.75 Å². The van der Waals surface area contributed by atoms with Crippen molar-refractivity contribution < 1.29 is 24.2 Å². The second-order valence-corrected chi connectivity index (χ2v) is 14.9. The molecule has 1 N–H and O–H groups in total. The van der Waals surface area contributed by atoms with Crippen molar-refractivity contribution in [3.63, 3.8) is 0 Å². The first-order valence-electron chi connectivity index (χ1n) is 15.4. The number of carbonyl (C=O) groups excluding carboxylic acids is 3. The normalized spacial score (nSPS) is 30.5. The number of aliphatic hydroxyl groups is 1. The van der Waals surface area contributed by atoms with E-state index in [1.807, 2.05) is 112 Å². The van der Waals surface area contributed by atoms with Gasteiger partial charge in [0.05, 0.1) is 35.8 Å². The molecule has 2 aromatic rings.